The van der Waals surface area contributed by atoms with Crippen LogP contribution >= 0.6 is 27.7 Å². The van der Waals surface area contributed by atoms with Crippen LogP contribution in [-0.4, -0.2) is 26.4 Å². The standard InChI is InChI=1S/C9H11BrN2O3S/c1-5(13)6(2)16-9-8(10)3-7(4-11-9)12(14)15/h3-6,13H,1-2H3. The molecule has 0 amide bonds. The Hall–Kier alpha value is -0.660. The number of hydrogen-bond acceptors (Lipinski definition) is 5. The third-order valence-electron chi connectivity index (χ3n) is 1.98. The second-order valence-electron chi connectivity index (χ2n) is 3.30. The van der Waals surface area contributed by atoms with E-state index in [9.17, 15) is 15.2 Å². The summed E-state index contributed by atoms with van der Waals surface area (Å²) in [6, 6.07) is 1.41. The van der Waals surface area contributed by atoms with Crippen molar-refractivity contribution in [3.63, 3.8) is 0 Å². The fraction of sp³-hybridized carbons (Fsp3) is 0.444. The van der Waals surface area contributed by atoms with Gasteiger partial charge in [-0.3, -0.25) is 10.1 Å². The lowest BCUT2D eigenvalue weighted by atomic mass is 10.3. The Balaban J connectivity index is 2.87. The average Bonchev–Trinajstić information content (AvgIpc) is 2.20. The Bertz CT molecular complexity index is 400. The third-order valence-corrected chi connectivity index (χ3v) is 4.16. The van der Waals surface area contributed by atoms with Gasteiger partial charge in [-0.1, -0.05) is 18.7 Å². The highest BCUT2D eigenvalue weighted by atomic mass is 79.9. The predicted octanol–water partition coefficient (Wildman–Crippen LogP) is 2.61. The SMILES string of the molecule is CC(O)C(C)Sc1ncc([N+](=O)[O-])cc1Br. The summed E-state index contributed by atoms with van der Waals surface area (Å²) in [6.45, 7) is 3.56. The van der Waals surface area contributed by atoms with Crippen LogP contribution in [0.4, 0.5) is 5.69 Å². The first kappa shape index (κ1) is 13.4. The number of nitro groups is 1. The molecule has 7 heteroatoms. The van der Waals surface area contributed by atoms with E-state index in [0.29, 0.717) is 9.50 Å². The number of aromatic nitrogens is 1. The first-order valence-corrected chi connectivity index (χ1v) is 6.23. The smallest absolute Gasteiger partial charge is 0.288 e. The molecule has 0 aliphatic carbocycles. The molecule has 0 aliphatic rings. The van der Waals surface area contributed by atoms with Crippen LogP contribution in [0.15, 0.2) is 21.8 Å². The Morgan fingerprint density at radius 2 is 2.25 bits per heavy atom. The minimum absolute atomic E-state index is 0.0229. The Morgan fingerprint density at radius 3 is 2.69 bits per heavy atom. The van der Waals surface area contributed by atoms with Gasteiger partial charge in [0.15, 0.2) is 0 Å². The summed E-state index contributed by atoms with van der Waals surface area (Å²) in [4.78, 5) is 14.0. The first-order valence-electron chi connectivity index (χ1n) is 4.56. The lowest BCUT2D eigenvalue weighted by molar-refractivity contribution is -0.385. The number of halogens is 1. The van der Waals surface area contributed by atoms with Gasteiger partial charge in [0.05, 0.1) is 15.5 Å². The van der Waals surface area contributed by atoms with E-state index < -0.39 is 11.0 Å². The summed E-state index contributed by atoms with van der Waals surface area (Å²) in [5, 5.41) is 20.5. The molecule has 16 heavy (non-hydrogen) atoms. The number of aliphatic hydroxyl groups excluding tert-OH is 1. The summed E-state index contributed by atoms with van der Waals surface area (Å²) in [6.07, 6.45) is 0.746. The summed E-state index contributed by atoms with van der Waals surface area (Å²) in [5.74, 6) is 0. The van der Waals surface area contributed by atoms with Crippen molar-refractivity contribution >= 4 is 33.4 Å². The average molecular weight is 307 g/mol. The Kier molecular flexibility index (Phi) is 4.69. The van der Waals surface area contributed by atoms with Crippen LogP contribution in [0.5, 0.6) is 0 Å². The van der Waals surface area contributed by atoms with E-state index in [4.69, 9.17) is 0 Å². The zero-order valence-electron chi connectivity index (χ0n) is 8.75. The molecule has 0 fully saturated rings. The van der Waals surface area contributed by atoms with Gasteiger partial charge < -0.3 is 5.11 Å². The van der Waals surface area contributed by atoms with Gasteiger partial charge in [0.2, 0.25) is 0 Å². The summed E-state index contributed by atoms with van der Waals surface area (Å²) in [5.41, 5.74) is -0.0547. The molecule has 1 aromatic heterocycles. The van der Waals surface area contributed by atoms with E-state index in [-0.39, 0.29) is 10.9 Å². The molecule has 2 atom stereocenters. The van der Waals surface area contributed by atoms with E-state index >= 15 is 0 Å². The van der Waals surface area contributed by atoms with Crippen molar-refractivity contribution in [2.45, 2.75) is 30.2 Å². The Labute approximate surface area is 106 Å². The molecule has 1 heterocycles. The van der Waals surface area contributed by atoms with Gasteiger partial charge in [-0.05, 0) is 22.9 Å². The lowest BCUT2D eigenvalue weighted by Crippen LogP contribution is -2.15. The molecule has 1 aromatic rings. The molecular weight excluding hydrogens is 296 g/mol. The number of pyridine rings is 1. The molecule has 0 radical (unpaired) electrons. The summed E-state index contributed by atoms with van der Waals surface area (Å²) in [7, 11) is 0. The van der Waals surface area contributed by atoms with Crippen molar-refractivity contribution in [1.82, 2.24) is 4.98 Å². The normalized spacial score (nSPS) is 14.5. The van der Waals surface area contributed by atoms with Gasteiger partial charge in [0, 0.05) is 11.3 Å². The summed E-state index contributed by atoms with van der Waals surface area (Å²) < 4.78 is 0.569. The molecule has 0 aromatic carbocycles. The highest BCUT2D eigenvalue weighted by molar-refractivity contribution is 9.10. The van der Waals surface area contributed by atoms with Crippen LogP contribution in [0.2, 0.25) is 0 Å². The van der Waals surface area contributed by atoms with E-state index in [1.54, 1.807) is 6.92 Å². The van der Waals surface area contributed by atoms with Crippen molar-refractivity contribution in [3.8, 4) is 0 Å². The number of nitrogens with zero attached hydrogens (tertiary/aromatic N) is 2. The first-order chi connectivity index (χ1) is 7.41. The van der Waals surface area contributed by atoms with E-state index in [1.807, 2.05) is 6.92 Å². The molecular formula is C9H11BrN2O3S. The zero-order valence-corrected chi connectivity index (χ0v) is 11.2. The fourth-order valence-electron chi connectivity index (χ4n) is 0.876. The molecule has 2 unspecified atom stereocenters. The van der Waals surface area contributed by atoms with Crippen molar-refractivity contribution < 1.29 is 10.0 Å². The van der Waals surface area contributed by atoms with Crippen LogP contribution < -0.4 is 0 Å². The van der Waals surface area contributed by atoms with Gasteiger partial charge in [0.1, 0.15) is 11.2 Å². The molecule has 88 valence electrons. The van der Waals surface area contributed by atoms with Crippen LogP contribution in [-0.2, 0) is 0 Å². The number of thioether (sulfide) groups is 1. The second-order valence-corrected chi connectivity index (χ2v) is 5.52. The number of hydrogen-bond donors (Lipinski definition) is 1. The van der Waals surface area contributed by atoms with Crippen LogP contribution in [0.1, 0.15) is 13.8 Å². The molecule has 5 nitrogen and oxygen atoms in total. The van der Waals surface area contributed by atoms with Crippen molar-refractivity contribution in [1.29, 1.82) is 0 Å². The third kappa shape index (κ3) is 3.43. The molecule has 0 bridgehead atoms. The maximum absolute atomic E-state index is 10.5. The van der Waals surface area contributed by atoms with Gasteiger partial charge in [-0.25, -0.2) is 4.98 Å². The predicted molar refractivity (Wildman–Crippen MR) is 65.6 cm³/mol. The highest BCUT2D eigenvalue weighted by Crippen LogP contribution is 2.31. The maximum Gasteiger partial charge on any atom is 0.288 e. The van der Waals surface area contributed by atoms with Crippen molar-refractivity contribution in [3.05, 3.63) is 26.9 Å². The molecule has 1 N–H and O–H groups in total. The fourth-order valence-corrected chi connectivity index (χ4v) is 2.33. The van der Waals surface area contributed by atoms with Crippen LogP contribution in [0, 0.1) is 10.1 Å². The largest absolute Gasteiger partial charge is 0.392 e. The quantitative estimate of drug-likeness (QED) is 0.525. The minimum Gasteiger partial charge on any atom is -0.392 e. The van der Waals surface area contributed by atoms with E-state index in [2.05, 4.69) is 20.9 Å². The molecule has 0 aliphatic heterocycles. The molecule has 0 saturated heterocycles. The number of aliphatic hydroxyl groups is 1. The van der Waals surface area contributed by atoms with Crippen molar-refractivity contribution in [2.75, 3.05) is 0 Å². The van der Waals surface area contributed by atoms with E-state index in [1.165, 1.54) is 24.0 Å². The molecule has 0 spiro atoms. The van der Waals surface area contributed by atoms with Crippen LogP contribution in [0.25, 0.3) is 0 Å². The Morgan fingerprint density at radius 1 is 1.62 bits per heavy atom. The highest BCUT2D eigenvalue weighted by Gasteiger charge is 2.16. The second kappa shape index (κ2) is 5.60. The lowest BCUT2D eigenvalue weighted by Gasteiger charge is -2.13. The van der Waals surface area contributed by atoms with Crippen LogP contribution in [0.3, 0.4) is 0 Å². The summed E-state index contributed by atoms with van der Waals surface area (Å²) >= 11 is 4.59. The zero-order chi connectivity index (χ0) is 12.3. The van der Waals surface area contributed by atoms with Gasteiger partial charge in [0.25, 0.3) is 5.69 Å². The van der Waals surface area contributed by atoms with Gasteiger partial charge in [-0.15, -0.1) is 0 Å². The number of rotatable bonds is 4. The topological polar surface area (TPSA) is 76.3 Å². The minimum atomic E-state index is -0.496. The molecule has 1 rings (SSSR count). The van der Waals surface area contributed by atoms with E-state index in [0.717, 1.165) is 0 Å². The van der Waals surface area contributed by atoms with Crippen molar-refractivity contribution in [2.24, 2.45) is 0 Å². The molecule has 0 saturated carbocycles. The maximum atomic E-state index is 10.5. The van der Waals surface area contributed by atoms with Gasteiger partial charge >= 0.3 is 0 Å². The van der Waals surface area contributed by atoms with Gasteiger partial charge in [-0.2, -0.15) is 0 Å². The monoisotopic (exact) mass is 306 g/mol.